The van der Waals surface area contributed by atoms with Crippen LogP contribution in [0.1, 0.15) is 18.4 Å². The highest BCUT2D eigenvalue weighted by Crippen LogP contribution is 2.26. The van der Waals surface area contributed by atoms with Crippen molar-refractivity contribution in [2.45, 2.75) is 30.3 Å². The Morgan fingerprint density at radius 2 is 1.74 bits per heavy atom. The second kappa shape index (κ2) is 8.14. The first-order valence-electron chi connectivity index (χ1n) is 8.24. The summed E-state index contributed by atoms with van der Waals surface area (Å²) in [5, 5.41) is 3.18. The molecule has 1 fully saturated rings. The van der Waals surface area contributed by atoms with Gasteiger partial charge < -0.3 is 5.32 Å². The van der Waals surface area contributed by atoms with Crippen LogP contribution >= 0.6 is 23.2 Å². The third-order valence-electron chi connectivity index (χ3n) is 4.26. The van der Waals surface area contributed by atoms with Crippen LogP contribution in [0, 0.1) is 5.82 Å². The predicted molar refractivity (Wildman–Crippen MR) is 102 cm³/mol. The highest BCUT2D eigenvalue weighted by Gasteiger charge is 2.31. The molecule has 5 nitrogen and oxygen atoms in total. The van der Waals surface area contributed by atoms with Crippen LogP contribution < -0.4 is 5.32 Å². The summed E-state index contributed by atoms with van der Waals surface area (Å²) >= 11 is 11.9. The van der Waals surface area contributed by atoms with Gasteiger partial charge in [0.2, 0.25) is 15.9 Å². The molecule has 1 heterocycles. The van der Waals surface area contributed by atoms with E-state index < -0.39 is 15.8 Å². The maximum atomic E-state index is 13.2. The minimum atomic E-state index is -3.94. The van der Waals surface area contributed by atoms with E-state index in [2.05, 4.69) is 5.32 Å². The number of sulfonamides is 1. The van der Waals surface area contributed by atoms with Gasteiger partial charge in [-0.3, -0.25) is 4.79 Å². The normalized spacial score (nSPS) is 17.3. The van der Waals surface area contributed by atoms with Gasteiger partial charge in [0.25, 0.3) is 0 Å². The van der Waals surface area contributed by atoms with Gasteiger partial charge in [-0.25, -0.2) is 12.8 Å². The van der Waals surface area contributed by atoms with E-state index in [9.17, 15) is 17.6 Å². The topological polar surface area (TPSA) is 66.5 Å². The zero-order valence-electron chi connectivity index (χ0n) is 14.2. The number of rotatable bonds is 6. The van der Waals surface area contributed by atoms with Gasteiger partial charge in [-0.05, 0) is 42.3 Å². The highest BCUT2D eigenvalue weighted by atomic mass is 35.5. The second-order valence-corrected chi connectivity index (χ2v) is 9.14. The van der Waals surface area contributed by atoms with Crippen LogP contribution in [-0.2, 0) is 21.4 Å². The van der Waals surface area contributed by atoms with Gasteiger partial charge in [0.15, 0.2) is 0 Å². The lowest BCUT2D eigenvalue weighted by Gasteiger charge is -2.25. The molecule has 27 heavy (non-hydrogen) atoms. The van der Waals surface area contributed by atoms with Gasteiger partial charge in [-0.2, -0.15) is 4.31 Å². The molecule has 1 saturated heterocycles. The molecular weight excluding hydrogens is 414 g/mol. The van der Waals surface area contributed by atoms with Crippen molar-refractivity contribution in [2.75, 3.05) is 6.54 Å². The molecule has 0 unspecified atom stereocenters. The van der Waals surface area contributed by atoms with E-state index in [4.69, 9.17) is 23.2 Å². The van der Waals surface area contributed by atoms with Crippen molar-refractivity contribution in [2.24, 2.45) is 0 Å². The van der Waals surface area contributed by atoms with Crippen molar-refractivity contribution in [3.8, 4) is 0 Å². The second-order valence-electron chi connectivity index (χ2n) is 6.33. The molecule has 0 radical (unpaired) electrons. The minimum absolute atomic E-state index is 0.0269. The molecule has 2 aromatic carbocycles. The molecule has 0 aliphatic carbocycles. The number of halogens is 3. The Bertz CT molecular complexity index is 931. The smallest absolute Gasteiger partial charge is 0.243 e. The fourth-order valence-electron chi connectivity index (χ4n) is 2.93. The van der Waals surface area contributed by atoms with Crippen molar-refractivity contribution in [1.29, 1.82) is 0 Å². The molecule has 0 spiro atoms. The SMILES string of the molecule is O=C1CC[C@@H](CN(Cc2ccc(F)cc2)S(=O)(=O)c2cc(Cl)cc(Cl)c2)N1. The fourth-order valence-corrected chi connectivity index (χ4v) is 5.13. The lowest BCUT2D eigenvalue weighted by molar-refractivity contribution is -0.119. The summed E-state index contributed by atoms with van der Waals surface area (Å²) in [6.07, 6.45) is 0.905. The van der Waals surface area contributed by atoms with Crippen LogP contribution in [0.3, 0.4) is 0 Å². The van der Waals surface area contributed by atoms with E-state index >= 15 is 0 Å². The van der Waals surface area contributed by atoms with E-state index in [0.29, 0.717) is 18.4 Å². The van der Waals surface area contributed by atoms with Gasteiger partial charge in [-0.15, -0.1) is 0 Å². The van der Waals surface area contributed by atoms with Crippen molar-refractivity contribution in [3.05, 3.63) is 63.9 Å². The van der Waals surface area contributed by atoms with Gasteiger partial charge in [0.05, 0.1) is 4.90 Å². The van der Waals surface area contributed by atoms with Gasteiger partial charge in [0.1, 0.15) is 5.82 Å². The van der Waals surface area contributed by atoms with E-state index in [1.807, 2.05) is 0 Å². The molecule has 144 valence electrons. The van der Waals surface area contributed by atoms with Crippen LogP contribution in [0.4, 0.5) is 4.39 Å². The molecule has 1 amide bonds. The first-order valence-corrected chi connectivity index (χ1v) is 10.4. The zero-order chi connectivity index (χ0) is 19.6. The average Bonchev–Trinajstić information content (AvgIpc) is 3.00. The van der Waals surface area contributed by atoms with Crippen LogP contribution in [-0.4, -0.2) is 31.2 Å². The van der Waals surface area contributed by atoms with Crippen molar-refractivity contribution < 1.29 is 17.6 Å². The number of carbonyl (C=O) groups is 1. The molecule has 0 bridgehead atoms. The Morgan fingerprint density at radius 1 is 1.11 bits per heavy atom. The molecule has 2 aromatic rings. The largest absolute Gasteiger partial charge is 0.352 e. The minimum Gasteiger partial charge on any atom is -0.352 e. The standard InChI is InChI=1S/C18H17Cl2FN2O3S/c19-13-7-14(20)9-17(8-13)27(25,26)23(11-16-5-6-18(24)22-16)10-12-1-3-15(21)4-2-12/h1-4,7-9,16H,5-6,10-11H2,(H,22,24)/t16-/m0/s1. The molecule has 0 aromatic heterocycles. The number of nitrogens with one attached hydrogen (secondary N) is 1. The zero-order valence-corrected chi connectivity index (χ0v) is 16.5. The molecule has 1 aliphatic heterocycles. The number of amides is 1. The fraction of sp³-hybridized carbons (Fsp3) is 0.278. The Balaban J connectivity index is 1.93. The Morgan fingerprint density at radius 3 is 2.30 bits per heavy atom. The van der Waals surface area contributed by atoms with Crippen LogP contribution in [0.15, 0.2) is 47.4 Å². The van der Waals surface area contributed by atoms with Crippen molar-refractivity contribution >= 4 is 39.1 Å². The van der Waals surface area contributed by atoms with Gasteiger partial charge >= 0.3 is 0 Å². The lowest BCUT2D eigenvalue weighted by Crippen LogP contribution is -2.41. The first kappa shape index (κ1) is 20.1. The summed E-state index contributed by atoms with van der Waals surface area (Å²) in [5.74, 6) is -0.511. The third-order valence-corrected chi connectivity index (χ3v) is 6.48. The summed E-state index contributed by atoms with van der Waals surface area (Å²) in [5.41, 5.74) is 0.623. The van der Waals surface area contributed by atoms with Crippen molar-refractivity contribution in [3.63, 3.8) is 0 Å². The maximum Gasteiger partial charge on any atom is 0.243 e. The monoisotopic (exact) mass is 430 g/mol. The van der Waals surface area contributed by atoms with E-state index in [0.717, 1.165) is 0 Å². The Labute approximate surface area is 167 Å². The Hall–Kier alpha value is -1.67. The highest BCUT2D eigenvalue weighted by molar-refractivity contribution is 7.89. The lowest BCUT2D eigenvalue weighted by atomic mass is 10.2. The molecule has 1 atom stereocenters. The summed E-state index contributed by atoms with van der Waals surface area (Å²) in [7, 11) is -3.94. The summed E-state index contributed by atoms with van der Waals surface area (Å²) in [6.45, 7) is 0.120. The number of carbonyl (C=O) groups excluding carboxylic acids is 1. The quantitative estimate of drug-likeness (QED) is 0.760. The number of hydrogen-bond acceptors (Lipinski definition) is 3. The molecule has 1 aliphatic rings. The first-order chi connectivity index (χ1) is 12.7. The maximum absolute atomic E-state index is 13.2. The molecule has 0 saturated carbocycles. The third kappa shape index (κ3) is 4.99. The van der Waals surface area contributed by atoms with Crippen LogP contribution in [0.2, 0.25) is 10.0 Å². The summed E-state index contributed by atoms with van der Waals surface area (Å²) in [4.78, 5) is 11.4. The van der Waals surface area contributed by atoms with E-state index in [1.165, 1.54) is 46.8 Å². The molecule has 3 rings (SSSR count). The molecular formula is C18H17Cl2FN2O3S. The average molecular weight is 431 g/mol. The number of hydrogen-bond donors (Lipinski definition) is 1. The molecule has 9 heteroatoms. The van der Waals surface area contributed by atoms with Gasteiger partial charge in [0, 0.05) is 35.6 Å². The van der Waals surface area contributed by atoms with E-state index in [1.54, 1.807) is 0 Å². The number of benzene rings is 2. The summed E-state index contributed by atoms with van der Waals surface area (Å²) in [6, 6.07) is 9.40. The Kier molecular flexibility index (Phi) is 6.05. The predicted octanol–water partition coefficient (Wildman–Crippen LogP) is 3.60. The van der Waals surface area contributed by atoms with E-state index in [-0.39, 0.29) is 40.0 Å². The van der Waals surface area contributed by atoms with Crippen LogP contribution in [0.5, 0.6) is 0 Å². The van der Waals surface area contributed by atoms with Crippen LogP contribution in [0.25, 0.3) is 0 Å². The van der Waals surface area contributed by atoms with Crippen molar-refractivity contribution in [1.82, 2.24) is 9.62 Å². The van der Waals surface area contributed by atoms with Gasteiger partial charge in [-0.1, -0.05) is 35.3 Å². The molecule has 1 N–H and O–H groups in total. The number of nitrogens with zero attached hydrogens (tertiary/aromatic N) is 1. The summed E-state index contributed by atoms with van der Waals surface area (Å²) < 4.78 is 40.8.